The summed E-state index contributed by atoms with van der Waals surface area (Å²) in [4.78, 5) is 0. The van der Waals surface area contributed by atoms with E-state index < -0.39 is 0 Å². The molecular formula is C23H29FO3. The van der Waals surface area contributed by atoms with Gasteiger partial charge in [0.05, 0.1) is 19.8 Å². The van der Waals surface area contributed by atoms with E-state index in [1.165, 1.54) is 25.7 Å². The molecule has 0 atom stereocenters. The summed E-state index contributed by atoms with van der Waals surface area (Å²) in [6.45, 7) is 4.00. The first kappa shape index (κ1) is 20.0. The van der Waals surface area contributed by atoms with Gasteiger partial charge in [0.1, 0.15) is 5.82 Å². The van der Waals surface area contributed by atoms with Crippen LogP contribution in [0.15, 0.2) is 42.5 Å². The molecule has 2 aromatic carbocycles. The Kier molecular flexibility index (Phi) is 7.39. The van der Waals surface area contributed by atoms with E-state index in [0.29, 0.717) is 11.5 Å². The highest BCUT2D eigenvalue weighted by Gasteiger charge is 2.23. The number of ether oxygens (including phenoxy) is 3. The zero-order chi connectivity index (χ0) is 19.1. The Bertz CT molecular complexity index is 706. The summed E-state index contributed by atoms with van der Waals surface area (Å²) in [6.07, 6.45) is 4.62. The number of halogens is 1. The van der Waals surface area contributed by atoms with Gasteiger partial charge in [0, 0.05) is 24.2 Å². The fraction of sp³-hybridized carbons (Fsp3) is 0.478. The monoisotopic (exact) mass is 372 g/mol. The van der Waals surface area contributed by atoms with Gasteiger partial charge < -0.3 is 14.2 Å². The summed E-state index contributed by atoms with van der Waals surface area (Å²) in [7, 11) is 1.56. The van der Waals surface area contributed by atoms with Crippen LogP contribution in [0.4, 0.5) is 4.39 Å². The molecule has 2 aromatic rings. The van der Waals surface area contributed by atoms with Crippen LogP contribution < -0.4 is 0 Å². The van der Waals surface area contributed by atoms with Crippen molar-refractivity contribution in [2.24, 2.45) is 5.92 Å². The lowest BCUT2D eigenvalue weighted by atomic mass is 10.0. The predicted molar refractivity (Wildman–Crippen MR) is 105 cm³/mol. The fourth-order valence-corrected chi connectivity index (χ4v) is 3.42. The van der Waals surface area contributed by atoms with Crippen molar-refractivity contribution in [2.45, 2.75) is 45.5 Å². The van der Waals surface area contributed by atoms with Gasteiger partial charge in [-0.05, 0) is 23.6 Å². The standard InChI is InChI=1S/C23H29FO3/c1-3-4-5-6-17-14-26-23(27-15-17)19-9-7-18(8-10-19)20-11-12-21(16-25-2)22(24)13-20/h7-13,17,23H,3-6,14-16H2,1-2H3/t17-,23-. The minimum atomic E-state index is -0.303. The van der Waals surface area contributed by atoms with Gasteiger partial charge in [-0.25, -0.2) is 4.39 Å². The number of methoxy groups -OCH3 is 1. The third-order valence-electron chi connectivity index (χ3n) is 5.05. The van der Waals surface area contributed by atoms with E-state index >= 15 is 0 Å². The van der Waals surface area contributed by atoms with Gasteiger partial charge in [0.2, 0.25) is 0 Å². The first-order chi connectivity index (χ1) is 13.2. The Morgan fingerprint density at radius 2 is 1.70 bits per heavy atom. The second kappa shape index (κ2) is 9.98. The maximum atomic E-state index is 14.1. The van der Waals surface area contributed by atoms with Crippen molar-refractivity contribution in [3.63, 3.8) is 0 Å². The highest BCUT2D eigenvalue weighted by atomic mass is 19.1. The molecule has 1 fully saturated rings. The lowest BCUT2D eigenvalue weighted by molar-refractivity contribution is -0.206. The first-order valence-corrected chi connectivity index (χ1v) is 9.82. The molecule has 1 aliphatic rings. The summed E-state index contributed by atoms with van der Waals surface area (Å²) in [5.74, 6) is 0.257. The molecule has 27 heavy (non-hydrogen) atoms. The summed E-state index contributed by atoms with van der Waals surface area (Å²) < 4.78 is 31.0. The smallest absolute Gasteiger partial charge is 0.183 e. The number of hydrogen-bond acceptors (Lipinski definition) is 3. The Morgan fingerprint density at radius 1 is 1.00 bits per heavy atom. The quantitative estimate of drug-likeness (QED) is 0.542. The third kappa shape index (κ3) is 5.38. The van der Waals surface area contributed by atoms with Crippen LogP contribution in [0.25, 0.3) is 11.1 Å². The van der Waals surface area contributed by atoms with E-state index in [2.05, 4.69) is 6.92 Å². The normalized spacial score (nSPS) is 20.0. The zero-order valence-electron chi connectivity index (χ0n) is 16.2. The number of hydrogen-bond donors (Lipinski definition) is 0. The maximum Gasteiger partial charge on any atom is 0.183 e. The molecule has 4 heteroatoms. The summed E-state index contributed by atoms with van der Waals surface area (Å²) in [5.41, 5.74) is 3.38. The van der Waals surface area contributed by atoms with Crippen molar-refractivity contribution in [1.82, 2.24) is 0 Å². The summed E-state index contributed by atoms with van der Waals surface area (Å²) >= 11 is 0. The Labute approximate surface area is 161 Å². The zero-order valence-corrected chi connectivity index (χ0v) is 16.2. The van der Waals surface area contributed by atoms with E-state index in [-0.39, 0.29) is 18.7 Å². The van der Waals surface area contributed by atoms with Gasteiger partial charge in [0.15, 0.2) is 6.29 Å². The molecule has 1 heterocycles. The highest BCUT2D eigenvalue weighted by Crippen LogP contribution is 2.29. The van der Waals surface area contributed by atoms with E-state index in [4.69, 9.17) is 14.2 Å². The molecular weight excluding hydrogens is 343 g/mol. The van der Waals surface area contributed by atoms with E-state index in [1.54, 1.807) is 19.2 Å². The van der Waals surface area contributed by atoms with Crippen molar-refractivity contribution in [1.29, 1.82) is 0 Å². The number of benzene rings is 2. The molecule has 0 amide bonds. The van der Waals surface area contributed by atoms with Crippen LogP contribution in [0.5, 0.6) is 0 Å². The lowest BCUT2D eigenvalue weighted by Gasteiger charge is -2.29. The largest absolute Gasteiger partial charge is 0.380 e. The predicted octanol–water partition coefficient (Wildman–Crippen LogP) is 5.88. The van der Waals surface area contributed by atoms with Crippen molar-refractivity contribution in [3.8, 4) is 11.1 Å². The molecule has 0 aliphatic carbocycles. The van der Waals surface area contributed by atoms with Gasteiger partial charge in [-0.1, -0.05) is 62.6 Å². The van der Waals surface area contributed by atoms with Crippen molar-refractivity contribution < 1.29 is 18.6 Å². The third-order valence-corrected chi connectivity index (χ3v) is 5.05. The maximum absolute atomic E-state index is 14.1. The Morgan fingerprint density at radius 3 is 2.33 bits per heavy atom. The molecule has 0 spiro atoms. The topological polar surface area (TPSA) is 27.7 Å². The molecule has 0 radical (unpaired) electrons. The van der Waals surface area contributed by atoms with E-state index in [1.807, 2.05) is 30.3 Å². The molecule has 1 aliphatic heterocycles. The molecule has 0 unspecified atom stereocenters. The average molecular weight is 372 g/mol. The van der Waals surface area contributed by atoms with Gasteiger partial charge >= 0.3 is 0 Å². The van der Waals surface area contributed by atoms with Gasteiger partial charge in [-0.15, -0.1) is 0 Å². The van der Waals surface area contributed by atoms with E-state index in [0.717, 1.165) is 29.9 Å². The van der Waals surface area contributed by atoms with Crippen LogP contribution in [0.3, 0.4) is 0 Å². The Balaban J connectivity index is 1.59. The number of rotatable bonds is 8. The highest BCUT2D eigenvalue weighted by molar-refractivity contribution is 5.64. The lowest BCUT2D eigenvalue weighted by Crippen LogP contribution is -2.27. The number of unbranched alkanes of at least 4 members (excludes halogenated alkanes) is 2. The second-order valence-electron chi connectivity index (χ2n) is 7.22. The SMILES string of the molecule is CCCCC[C@H]1CO[C@H](c2ccc(-c3ccc(COC)c(F)c3)cc2)OC1. The molecule has 0 aromatic heterocycles. The second-order valence-corrected chi connectivity index (χ2v) is 7.22. The van der Waals surface area contributed by atoms with Crippen LogP contribution in [0.2, 0.25) is 0 Å². The van der Waals surface area contributed by atoms with Crippen molar-refractivity contribution in [3.05, 3.63) is 59.4 Å². The van der Waals surface area contributed by atoms with Gasteiger partial charge in [-0.3, -0.25) is 0 Å². The molecule has 0 bridgehead atoms. The minimum Gasteiger partial charge on any atom is -0.380 e. The van der Waals surface area contributed by atoms with Crippen LogP contribution >= 0.6 is 0 Å². The van der Waals surface area contributed by atoms with Crippen molar-refractivity contribution in [2.75, 3.05) is 20.3 Å². The fourth-order valence-electron chi connectivity index (χ4n) is 3.42. The van der Waals surface area contributed by atoms with Crippen LogP contribution in [0.1, 0.15) is 50.0 Å². The van der Waals surface area contributed by atoms with Gasteiger partial charge in [0.25, 0.3) is 0 Å². The molecule has 0 N–H and O–H groups in total. The van der Waals surface area contributed by atoms with Crippen LogP contribution in [-0.4, -0.2) is 20.3 Å². The van der Waals surface area contributed by atoms with Crippen LogP contribution in [0, 0.1) is 11.7 Å². The molecule has 1 saturated heterocycles. The molecule has 3 nitrogen and oxygen atoms in total. The Hall–Kier alpha value is -1.75. The molecule has 0 saturated carbocycles. The summed E-state index contributed by atoms with van der Waals surface area (Å²) in [6, 6.07) is 13.2. The van der Waals surface area contributed by atoms with E-state index in [9.17, 15) is 4.39 Å². The average Bonchev–Trinajstić information content (AvgIpc) is 2.71. The summed E-state index contributed by atoms with van der Waals surface area (Å²) in [5, 5.41) is 0. The van der Waals surface area contributed by atoms with Crippen LogP contribution in [-0.2, 0) is 20.8 Å². The first-order valence-electron chi connectivity index (χ1n) is 9.82. The van der Waals surface area contributed by atoms with Gasteiger partial charge in [-0.2, -0.15) is 0 Å². The van der Waals surface area contributed by atoms with Crippen molar-refractivity contribution >= 4 is 0 Å². The minimum absolute atomic E-state index is 0.244. The molecule has 146 valence electrons. The molecule has 3 rings (SSSR count).